The number of anilines is 1. The molecule has 0 bridgehead atoms. The van der Waals surface area contributed by atoms with Gasteiger partial charge in [-0.25, -0.2) is 4.98 Å². The summed E-state index contributed by atoms with van der Waals surface area (Å²) in [6.07, 6.45) is -4.58. The van der Waals surface area contributed by atoms with Gasteiger partial charge in [0.05, 0.1) is 17.4 Å². The van der Waals surface area contributed by atoms with Crippen molar-refractivity contribution in [2.24, 2.45) is 0 Å². The van der Waals surface area contributed by atoms with Crippen LogP contribution in [0.1, 0.15) is 18.2 Å². The Morgan fingerprint density at radius 1 is 1.29 bits per heavy atom. The Labute approximate surface area is 136 Å². The number of alkyl halides is 3. The molecule has 1 heterocycles. The maximum absolute atomic E-state index is 12.6. The molecule has 24 heavy (non-hydrogen) atoms. The van der Waals surface area contributed by atoms with Crippen molar-refractivity contribution in [1.82, 2.24) is 15.2 Å². The van der Waals surface area contributed by atoms with Gasteiger partial charge in [0.25, 0.3) is 0 Å². The number of nitrogens with zero attached hydrogens (tertiary/aromatic N) is 3. The number of hydrogen-bond donors (Lipinski definition) is 2. The lowest BCUT2D eigenvalue weighted by molar-refractivity contribution is -0.137. The van der Waals surface area contributed by atoms with E-state index in [0.29, 0.717) is 18.3 Å². The van der Waals surface area contributed by atoms with Gasteiger partial charge in [0.15, 0.2) is 0 Å². The van der Waals surface area contributed by atoms with Gasteiger partial charge in [0.2, 0.25) is 5.95 Å². The van der Waals surface area contributed by atoms with Gasteiger partial charge in [0.1, 0.15) is 11.4 Å². The van der Waals surface area contributed by atoms with E-state index in [9.17, 15) is 18.3 Å². The summed E-state index contributed by atoms with van der Waals surface area (Å²) in [5.74, 6) is -0.260. The Bertz CT molecular complexity index is 722. The number of aromatic hydroxyl groups is 1. The SMILES string of the molecule is CO[C@H](C)CNc1nnc(-c2ccc(C(F)(F)F)cc2O)c(C)n1. The number of aromatic nitrogens is 3. The van der Waals surface area contributed by atoms with E-state index < -0.39 is 17.5 Å². The second kappa shape index (κ2) is 7.00. The molecule has 0 amide bonds. The van der Waals surface area contributed by atoms with Crippen molar-refractivity contribution in [1.29, 1.82) is 0 Å². The quantitative estimate of drug-likeness (QED) is 0.869. The maximum atomic E-state index is 12.6. The number of phenolic OH excluding ortho intramolecular Hbond substituents is 1. The molecule has 1 aromatic heterocycles. The number of ether oxygens (including phenoxy) is 1. The monoisotopic (exact) mass is 342 g/mol. The Balaban J connectivity index is 2.27. The molecule has 1 aromatic carbocycles. The highest BCUT2D eigenvalue weighted by atomic mass is 19.4. The molecule has 0 radical (unpaired) electrons. The van der Waals surface area contributed by atoms with Crippen LogP contribution in [0.15, 0.2) is 18.2 Å². The fraction of sp³-hybridized carbons (Fsp3) is 0.400. The Kier molecular flexibility index (Phi) is 5.23. The normalized spacial score (nSPS) is 12.9. The summed E-state index contributed by atoms with van der Waals surface area (Å²) in [5, 5.41) is 20.6. The number of rotatable bonds is 5. The molecule has 0 aliphatic carbocycles. The summed E-state index contributed by atoms with van der Waals surface area (Å²) in [6, 6.07) is 2.68. The van der Waals surface area contributed by atoms with E-state index in [-0.39, 0.29) is 23.3 Å². The lowest BCUT2D eigenvalue weighted by Gasteiger charge is -2.12. The number of phenols is 1. The molecule has 1 atom stereocenters. The van der Waals surface area contributed by atoms with Gasteiger partial charge in [-0.2, -0.15) is 13.2 Å². The van der Waals surface area contributed by atoms with Crippen molar-refractivity contribution in [3.63, 3.8) is 0 Å². The van der Waals surface area contributed by atoms with Crippen molar-refractivity contribution in [3.8, 4) is 17.0 Å². The largest absolute Gasteiger partial charge is 0.507 e. The highest BCUT2D eigenvalue weighted by molar-refractivity contribution is 5.69. The highest BCUT2D eigenvalue weighted by Gasteiger charge is 2.31. The van der Waals surface area contributed by atoms with Crippen LogP contribution in [0.4, 0.5) is 19.1 Å². The third-order valence-electron chi connectivity index (χ3n) is 3.39. The smallest absolute Gasteiger partial charge is 0.416 e. The predicted octanol–water partition coefficient (Wildman–Crippen LogP) is 3.02. The number of methoxy groups -OCH3 is 1. The number of halogens is 3. The first-order valence-electron chi connectivity index (χ1n) is 7.11. The maximum Gasteiger partial charge on any atom is 0.416 e. The van der Waals surface area contributed by atoms with Gasteiger partial charge in [0, 0.05) is 19.2 Å². The van der Waals surface area contributed by atoms with Crippen LogP contribution in [0.3, 0.4) is 0 Å². The van der Waals surface area contributed by atoms with Crippen molar-refractivity contribution < 1.29 is 23.0 Å². The fourth-order valence-electron chi connectivity index (χ4n) is 1.95. The molecule has 9 heteroatoms. The van der Waals surface area contributed by atoms with Gasteiger partial charge in [-0.05, 0) is 32.0 Å². The third-order valence-corrected chi connectivity index (χ3v) is 3.39. The standard InChI is InChI=1S/C15H17F3N4O2/c1-8(24-3)7-19-14-20-9(2)13(21-22-14)11-5-4-10(6-12(11)23)15(16,17)18/h4-6,8,23H,7H2,1-3H3,(H,19,20,22)/t8-/m1/s1. The average molecular weight is 342 g/mol. The summed E-state index contributed by atoms with van der Waals surface area (Å²) in [6.45, 7) is 3.97. The van der Waals surface area contributed by atoms with Crippen LogP contribution in [-0.4, -0.2) is 40.0 Å². The molecule has 130 valence electrons. The molecule has 2 aromatic rings. The van der Waals surface area contributed by atoms with Crippen molar-refractivity contribution >= 4 is 5.95 Å². The fourth-order valence-corrected chi connectivity index (χ4v) is 1.95. The Morgan fingerprint density at radius 3 is 2.54 bits per heavy atom. The molecule has 2 N–H and O–H groups in total. The van der Waals surface area contributed by atoms with Crippen LogP contribution in [0.25, 0.3) is 11.3 Å². The molecule has 6 nitrogen and oxygen atoms in total. The van der Waals surface area contributed by atoms with Crippen LogP contribution >= 0.6 is 0 Å². The second-order valence-corrected chi connectivity index (χ2v) is 5.23. The minimum Gasteiger partial charge on any atom is -0.507 e. The van der Waals surface area contributed by atoms with Crippen LogP contribution in [0.5, 0.6) is 5.75 Å². The van der Waals surface area contributed by atoms with Crippen LogP contribution in [0.2, 0.25) is 0 Å². The van der Waals surface area contributed by atoms with E-state index in [0.717, 1.165) is 12.1 Å². The van der Waals surface area contributed by atoms with Crippen LogP contribution in [-0.2, 0) is 10.9 Å². The van der Waals surface area contributed by atoms with Crippen molar-refractivity contribution in [2.45, 2.75) is 26.1 Å². The first-order chi connectivity index (χ1) is 11.2. The van der Waals surface area contributed by atoms with Gasteiger partial charge < -0.3 is 15.2 Å². The summed E-state index contributed by atoms with van der Waals surface area (Å²) < 4.78 is 43.0. The molecule has 0 aliphatic rings. The van der Waals surface area contributed by atoms with Gasteiger partial charge in [-0.1, -0.05) is 0 Å². The molecule has 0 spiro atoms. The Hall–Kier alpha value is -2.42. The highest BCUT2D eigenvalue weighted by Crippen LogP contribution is 2.36. The number of nitrogens with one attached hydrogen (secondary N) is 1. The molecule has 0 saturated carbocycles. The summed E-state index contributed by atoms with van der Waals surface area (Å²) in [5.41, 5.74) is -0.161. The molecular weight excluding hydrogens is 325 g/mol. The zero-order valence-corrected chi connectivity index (χ0v) is 13.3. The minimum absolute atomic E-state index is 0.0486. The molecular formula is C15H17F3N4O2. The van der Waals surface area contributed by atoms with E-state index in [1.807, 2.05) is 6.92 Å². The first kappa shape index (κ1) is 17.9. The van der Waals surface area contributed by atoms with Crippen molar-refractivity contribution in [3.05, 3.63) is 29.5 Å². The first-order valence-corrected chi connectivity index (χ1v) is 7.11. The van der Waals surface area contributed by atoms with Gasteiger partial charge in [-0.3, -0.25) is 0 Å². The zero-order chi connectivity index (χ0) is 17.9. The summed E-state index contributed by atoms with van der Waals surface area (Å²) >= 11 is 0. The van der Waals surface area contributed by atoms with Gasteiger partial charge >= 0.3 is 6.18 Å². The van der Waals surface area contributed by atoms with E-state index >= 15 is 0 Å². The second-order valence-electron chi connectivity index (χ2n) is 5.23. The number of benzene rings is 1. The molecule has 0 aliphatic heterocycles. The lowest BCUT2D eigenvalue weighted by Crippen LogP contribution is -2.19. The van der Waals surface area contributed by atoms with E-state index in [4.69, 9.17) is 4.74 Å². The third kappa shape index (κ3) is 4.10. The van der Waals surface area contributed by atoms with E-state index in [2.05, 4.69) is 20.5 Å². The average Bonchev–Trinajstić information content (AvgIpc) is 2.52. The molecule has 2 rings (SSSR count). The molecule has 0 fully saturated rings. The van der Waals surface area contributed by atoms with Crippen molar-refractivity contribution in [2.75, 3.05) is 19.0 Å². The van der Waals surface area contributed by atoms with Gasteiger partial charge in [-0.15, -0.1) is 10.2 Å². The van der Waals surface area contributed by atoms with E-state index in [1.54, 1.807) is 14.0 Å². The van der Waals surface area contributed by atoms with E-state index in [1.165, 1.54) is 0 Å². The topological polar surface area (TPSA) is 80.2 Å². The summed E-state index contributed by atoms with van der Waals surface area (Å²) in [7, 11) is 1.58. The van der Waals surface area contributed by atoms with Crippen LogP contribution in [0, 0.1) is 6.92 Å². The van der Waals surface area contributed by atoms with Crippen LogP contribution < -0.4 is 5.32 Å². The molecule has 0 saturated heterocycles. The Morgan fingerprint density at radius 2 is 2.00 bits per heavy atom. The molecule has 0 unspecified atom stereocenters. The number of aryl methyl sites for hydroxylation is 1. The lowest BCUT2D eigenvalue weighted by atomic mass is 10.1. The predicted molar refractivity (Wildman–Crippen MR) is 81.6 cm³/mol. The number of hydrogen-bond acceptors (Lipinski definition) is 6. The summed E-state index contributed by atoms with van der Waals surface area (Å²) in [4.78, 5) is 4.19. The zero-order valence-electron chi connectivity index (χ0n) is 13.3. The minimum atomic E-state index is -4.53.